The summed E-state index contributed by atoms with van der Waals surface area (Å²) in [5.74, 6) is 1.61. The minimum Gasteiger partial charge on any atom is -0.300 e. The molecule has 0 aromatic heterocycles. The zero-order chi connectivity index (χ0) is 17.1. The van der Waals surface area contributed by atoms with Crippen LogP contribution in [-0.2, 0) is 6.54 Å². The van der Waals surface area contributed by atoms with E-state index in [0.717, 1.165) is 30.5 Å². The summed E-state index contributed by atoms with van der Waals surface area (Å²) in [4.78, 5) is 16.0. The summed E-state index contributed by atoms with van der Waals surface area (Å²) in [5, 5.41) is 11.2. The molecular weight excluding hydrogens is 302 g/mol. The first kappa shape index (κ1) is 17.4. The van der Waals surface area contributed by atoms with E-state index in [4.69, 9.17) is 0 Å². The summed E-state index contributed by atoms with van der Waals surface area (Å²) in [6.07, 6.45) is 3.72. The minimum absolute atomic E-state index is 0.248. The zero-order valence-corrected chi connectivity index (χ0v) is 14.9. The first-order chi connectivity index (χ1) is 11.5. The molecule has 1 aromatic rings. The minimum atomic E-state index is -0.265. The third-order valence-corrected chi connectivity index (χ3v) is 5.55. The predicted molar refractivity (Wildman–Crippen MR) is 95.9 cm³/mol. The van der Waals surface area contributed by atoms with Crippen LogP contribution in [0.2, 0.25) is 0 Å². The molecular formula is C19H29N3O2. The van der Waals surface area contributed by atoms with Gasteiger partial charge in [0.1, 0.15) is 0 Å². The molecule has 0 bridgehead atoms. The summed E-state index contributed by atoms with van der Waals surface area (Å²) >= 11 is 0. The van der Waals surface area contributed by atoms with Gasteiger partial charge in [0, 0.05) is 37.3 Å². The molecule has 0 aliphatic carbocycles. The molecule has 2 heterocycles. The van der Waals surface area contributed by atoms with E-state index in [9.17, 15) is 10.1 Å². The lowest BCUT2D eigenvalue weighted by atomic mass is 9.89. The highest BCUT2D eigenvalue weighted by Crippen LogP contribution is 2.28. The maximum absolute atomic E-state index is 11.2. The van der Waals surface area contributed by atoms with Gasteiger partial charge in [-0.2, -0.15) is 0 Å². The van der Waals surface area contributed by atoms with Gasteiger partial charge in [0.2, 0.25) is 0 Å². The van der Waals surface area contributed by atoms with Crippen molar-refractivity contribution in [1.82, 2.24) is 9.80 Å². The third-order valence-electron chi connectivity index (χ3n) is 5.55. The Balaban J connectivity index is 1.55. The van der Waals surface area contributed by atoms with Crippen molar-refractivity contribution in [3.63, 3.8) is 0 Å². The molecule has 1 aromatic carbocycles. The van der Waals surface area contributed by atoms with E-state index >= 15 is 0 Å². The first-order valence-electron chi connectivity index (χ1n) is 9.21. The number of hydrogen-bond acceptors (Lipinski definition) is 4. The fourth-order valence-corrected chi connectivity index (χ4v) is 4.52. The van der Waals surface area contributed by atoms with Crippen molar-refractivity contribution >= 4 is 5.69 Å². The quantitative estimate of drug-likeness (QED) is 0.625. The molecule has 2 aliphatic heterocycles. The molecule has 5 heteroatoms. The number of rotatable bonds is 4. The molecule has 3 rings (SSSR count). The highest BCUT2D eigenvalue weighted by molar-refractivity contribution is 5.39. The molecule has 0 amide bonds. The first-order valence-corrected chi connectivity index (χ1v) is 9.21. The van der Waals surface area contributed by atoms with Gasteiger partial charge in [-0.25, -0.2) is 0 Å². The van der Waals surface area contributed by atoms with Gasteiger partial charge in [-0.05, 0) is 44.2 Å². The highest BCUT2D eigenvalue weighted by Gasteiger charge is 2.30. The monoisotopic (exact) mass is 331 g/mol. The van der Waals surface area contributed by atoms with Crippen molar-refractivity contribution in [2.75, 3.05) is 26.2 Å². The fourth-order valence-electron chi connectivity index (χ4n) is 4.52. The molecule has 2 fully saturated rings. The number of nitrogens with zero attached hydrogens (tertiary/aromatic N) is 3. The van der Waals surface area contributed by atoms with E-state index in [2.05, 4.69) is 23.6 Å². The zero-order valence-electron chi connectivity index (χ0n) is 14.9. The molecule has 2 aliphatic rings. The average molecular weight is 331 g/mol. The second-order valence-electron chi connectivity index (χ2n) is 7.79. The molecule has 2 atom stereocenters. The van der Waals surface area contributed by atoms with Gasteiger partial charge in [0.25, 0.3) is 5.69 Å². The Morgan fingerprint density at radius 3 is 2.38 bits per heavy atom. The number of nitro groups is 1. The van der Waals surface area contributed by atoms with E-state index in [0.29, 0.717) is 12.6 Å². The molecule has 0 N–H and O–H groups in total. The van der Waals surface area contributed by atoms with Crippen LogP contribution in [0.3, 0.4) is 0 Å². The Bertz CT molecular complexity index is 559. The van der Waals surface area contributed by atoms with Crippen molar-refractivity contribution in [3.05, 3.63) is 39.9 Å². The maximum Gasteiger partial charge on any atom is 0.273 e. The summed E-state index contributed by atoms with van der Waals surface area (Å²) < 4.78 is 0. The second kappa shape index (κ2) is 7.62. The van der Waals surface area contributed by atoms with Crippen LogP contribution in [0.25, 0.3) is 0 Å². The summed E-state index contributed by atoms with van der Waals surface area (Å²) in [7, 11) is 0. The number of hydrogen-bond donors (Lipinski definition) is 0. The Kier molecular flexibility index (Phi) is 5.51. The van der Waals surface area contributed by atoms with Gasteiger partial charge >= 0.3 is 0 Å². The van der Waals surface area contributed by atoms with E-state index < -0.39 is 0 Å². The average Bonchev–Trinajstić information content (AvgIpc) is 2.55. The van der Waals surface area contributed by atoms with Crippen LogP contribution in [0.1, 0.15) is 38.7 Å². The van der Waals surface area contributed by atoms with Crippen LogP contribution >= 0.6 is 0 Å². The molecule has 0 saturated carbocycles. The van der Waals surface area contributed by atoms with Crippen molar-refractivity contribution < 1.29 is 4.92 Å². The van der Waals surface area contributed by atoms with Gasteiger partial charge in [-0.1, -0.05) is 32.0 Å². The van der Waals surface area contributed by atoms with Crippen LogP contribution < -0.4 is 0 Å². The lowest BCUT2D eigenvalue weighted by Crippen LogP contribution is -2.49. The molecule has 0 radical (unpaired) electrons. The van der Waals surface area contributed by atoms with E-state index in [-0.39, 0.29) is 10.6 Å². The molecule has 5 nitrogen and oxygen atoms in total. The van der Waals surface area contributed by atoms with Crippen molar-refractivity contribution in [3.8, 4) is 0 Å². The SMILES string of the molecule is C[C@H]1C[C@H](C)CN(C2CCN(Cc3ccccc3[N+](=O)[O-])CC2)C1. The third kappa shape index (κ3) is 4.14. The number of piperidine rings is 2. The lowest BCUT2D eigenvalue weighted by molar-refractivity contribution is -0.385. The molecule has 0 spiro atoms. The molecule has 2 saturated heterocycles. The summed E-state index contributed by atoms with van der Waals surface area (Å²) in [6, 6.07) is 7.83. The normalized spacial score (nSPS) is 27.2. The molecule has 132 valence electrons. The number of benzene rings is 1. The maximum atomic E-state index is 11.2. The topological polar surface area (TPSA) is 49.6 Å². The van der Waals surface area contributed by atoms with E-state index in [1.165, 1.54) is 32.4 Å². The fraction of sp³-hybridized carbons (Fsp3) is 0.684. The van der Waals surface area contributed by atoms with Gasteiger partial charge < -0.3 is 0 Å². The molecule has 24 heavy (non-hydrogen) atoms. The van der Waals surface area contributed by atoms with Crippen molar-refractivity contribution in [2.24, 2.45) is 11.8 Å². The Labute approximate surface area is 144 Å². The second-order valence-corrected chi connectivity index (χ2v) is 7.79. The summed E-state index contributed by atoms with van der Waals surface area (Å²) in [5.41, 5.74) is 1.08. The van der Waals surface area contributed by atoms with Crippen LogP contribution in [0, 0.1) is 22.0 Å². The van der Waals surface area contributed by atoms with Crippen molar-refractivity contribution in [2.45, 2.75) is 45.7 Å². The highest BCUT2D eigenvalue weighted by atomic mass is 16.6. The van der Waals surface area contributed by atoms with E-state index in [1.54, 1.807) is 12.1 Å². The van der Waals surface area contributed by atoms with Crippen LogP contribution in [0.4, 0.5) is 5.69 Å². The van der Waals surface area contributed by atoms with Crippen LogP contribution in [-0.4, -0.2) is 46.9 Å². The van der Waals surface area contributed by atoms with Gasteiger partial charge in [-0.15, -0.1) is 0 Å². The number of para-hydroxylation sites is 1. The van der Waals surface area contributed by atoms with Gasteiger partial charge in [-0.3, -0.25) is 19.9 Å². The Morgan fingerprint density at radius 1 is 1.12 bits per heavy atom. The Morgan fingerprint density at radius 2 is 1.75 bits per heavy atom. The number of nitro benzene ring substituents is 1. The van der Waals surface area contributed by atoms with E-state index in [1.807, 2.05) is 12.1 Å². The largest absolute Gasteiger partial charge is 0.300 e. The van der Waals surface area contributed by atoms with Crippen molar-refractivity contribution in [1.29, 1.82) is 0 Å². The standard InChI is InChI=1S/C19H29N3O2/c1-15-11-16(2)13-21(12-15)18-7-9-20(10-8-18)14-17-5-3-4-6-19(17)22(23)24/h3-6,15-16,18H,7-14H2,1-2H3/t15-,16-/m0/s1. The number of likely N-dealkylation sites (tertiary alicyclic amines) is 2. The lowest BCUT2D eigenvalue weighted by Gasteiger charge is -2.43. The van der Waals surface area contributed by atoms with Crippen LogP contribution in [0.15, 0.2) is 24.3 Å². The van der Waals surface area contributed by atoms with Gasteiger partial charge in [0.05, 0.1) is 4.92 Å². The molecule has 0 unspecified atom stereocenters. The van der Waals surface area contributed by atoms with Crippen LogP contribution in [0.5, 0.6) is 0 Å². The summed E-state index contributed by atoms with van der Waals surface area (Å²) in [6.45, 7) is 9.97. The predicted octanol–water partition coefficient (Wildman–Crippen LogP) is 3.54. The Hall–Kier alpha value is -1.46. The van der Waals surface area contributed by atoms with Gasteiger partial charge in [0.15, 0.2) is 0 Å². The smallest absolute Gasteiger partial charge is 0.273 e.